The molecule has 2 saturated heterocycles. The first kappa shape index (κ1) is 11.4. The molecule has 0 spiro atoms. The maximum Gasteiger partial charge on any atom is 0.0480 e. The van der Waals surface area contributed by atoms with Crippen LogP contribution in [0.4, 0.5) is 0 Å². The molecule has 15 heavy (non-hydrogen) atoms. The molecule has 88 valence electrons. The smallest absolute Gasteiger partial charge is 0.0480 e. The van der Waals surface area contributed by atoms with Crippen LogP contribution in [0.15, 0.2) is 0 Å². The summed E-state index contributed by atoms with van der Waals surface area (Å²) in [7, 11) is 0. The van der Waals surface area contributed by atoms with Crippen molar-refractivity contribution in [1.29, 1.82) is 0 Å². The molecule has 0 aromatic heterocycles. The quantitative estimate of drug-likeness (QED) is 0.708. The van der Waals surface area contributed by atoms with E-state index in [4.69, 9.17) is 4.74 Å². The molecule has 1 unspecified atom stereocenters. The van der Waals surface area contributed by atoms with Crippen molar-refractivity contribution < 1.29 is 4.74 Å². The minimum atomic E-state index is 0.313. The molecule has 1 atom stereocenters. The Hall–Kier alpha value is -0.120. The molecule has 0 aliphatic carbocycles. The maximum absolute atomic E-state index is 5.54. The van der Waals surface area contributed by atoms with E-state index in [1.165, 1.54) is 25.8 Å². The van der Waals surface area contributed by atoms with E-state index in [1.807, 2.05) is 0 Å². The number of hydrogen-bond acceptors (Lipinski definition) is 3. The minimum absolute atomic E-state index is 0.313. The highest BCUT2D eigenvalue weighted by molar-refractivity contribution is 4.92. The second-order valence-corrected chi connectivity index (χ2v) is 5.38. The topological polar surface area (TPSA) is 24.5 Å². The van der Waals surface area contributed by atoms with Crippen molar-refractivity contribution in [2.75, 3.05) is 32.8 Å². The fourth-order valence-electron chi connectivity index (χ4n) is 2.87. The van der Waals surface area contributed by atoms with E-state index in [0.717, 1.165) is 32.3 Å². The van der Waals surface area contributed by atoms with Gasteiger partial charge in [0.15, 0.2) is 0 Å². The molecule has 2 aliphatic rings. The molecule has 0 radical (unpaired) electrons. The van der Waals surface area contributed by atoms with Gasteiger partial charge >= 0.3 is 0 Å². The Kier molecular flexibility index (Phi) is 3.65. The van der Waals surface area contributed by atoms with Gasteiger partial charge in [-0.3, -0.25) is 4.90 Å². The van der Waals surface area contributed by atoms with Crippen LogP contribution in [0, 0.1) is 0 Å². The molecule has 3 nitrogen and oxygen atoms in total. The van der Waals surface area contributed by atoms with Gasteiger partial charge in [0.1, 0.15) is 0 Å². The van der Waals surface area contributed by atoms with Gasteiger partial charge in [-0.1, -0.05) is 0 Å². The zero-order valence-corrected chi connectivity index (χ0v) is 10.1. The molecule has 2 heterocycles. The number of nitrogens with zero attached hydrogens (tertiary/aromatic N) is 1. The lowest BCUT2D eigenvalue weighted by atomic mass is 9.94. The average Bonchev–Trinajstić information content (AvgIpc) is 2.45. The fraction of sp³-hybridized carbons (Fsp3) is 1.00. The first-order chi connectivity index (χ1) is 7.20. The number of hydrogen-bond donors (Lipinski definition) is 1. The van der Waals surface area contributed by atoms with Crippen molar-refractivity contribution in [3.63, 3.8) is 0 Å². The van der Waals surface area contributed by atoms with Gasteiger partial charge in [0.05, 0.1) is 0 Å². The van der Waals surface area contributed by atoms with E-state index in [9.17, 15) is 0 Å². The SMILES string of the molecule is CC1(C)CNCCN1C1CCCOCC1. The Morgan fingerprint density at radius 1 is 1.27 bits per heavy atom. The van der Waals surface area contributed by atoms with Crippen LogP contribution in [0.5, 0.6) is 0 Å². The summed E-state index contributed by atoms with van der Waals surface area (Å²) in [5, 5.41) is 3.49. The van der Waals surface area contributed by atoms with Gasteiger partial charge in [-0.15, -0.1) is 0 Å². The highest BCUT2D eigenvalue weighted by Crippen LogP contribution is 2.25. The van der Waals surface area contributed by atoms with Crippen molar-refractivity contribution in [3.8, 4) is 0 Å². The van der Waals surface area contributed by atoms with Crippen molar-refractivity contribution >= 4 is 0 Å². The summed E-state index contributed by atoms with van der Waals surface area (Å²) >= 11 is 0. The van der Waals surface area contributed by atoms with Gasteiger partial charge in [0, 0.05) is 44.4 Å². The lowest BCUT2D eigenvalue weighted by Gasteiger charge is -2.47. The molecule has 3 heteroatoms. The predicted octanol–water partition coefficient (Wildman–Crippen LogP) is 1.24. The summed E-state index contributed by atoms with van der Waals surface area (Å²) in [5.41, 5.74) is 0.313. The second-order valence-electron chi connectivity index (χ2n) is 5.38. The standard InChI is InChI=1S/C12H24N2O/c1-12(2)10-13-6-7-14(12)11-4-3-8-15-9-5-11/h11,13H,3-10H2,1-2H3. The van der Waals surface area contributed by atoms with E-state index in [1.54, 1.807) is 0 Å². The van der Waals surface area contributed by atoms with Crippen LogP contribution < -0.4 is 5.32 Å². The lowest BCUT2D eigenvalue weighted by molar-refractivity contribution is 0.0348. The number of ether oxygens (including phenoxy) is 1. The van der Waals surface area contributed by atoms with Gasteiger partial charge in [0.25, 0.3) is 0 Å². The summed E-state index contributed by atoms with van der Waals surface area (Å²) in [5.74, 6) is 0. The van der Waals surface area contributed by atoms with Crippen molar-refractivity contribution in [3.05, 3.63) is 0 Å². The Labute approximate surface area is 93.2 Å². The van der Waals surface area contributed by atoms with E-state index < -0.39 is 0 Å². The number of rotatable bonds is 1. The second kappa shape index (κ2) is 4.81. The molecular formula is C12H24N2O. The van der Waals surface area contributed by atoms with Crippen LogP contribution in [0.25, 0.3) is 0 Å². The van der Waals surface area contributed by atoms with E-state index >= 15 is 0 Å². The molecule has 0 aromatic carbocycles. The zero-order chi connectivity index (χ0) is 10.7. The fourth-order valence-corrected chi connectivity index (χ4v) is 2.87. The van der Waals surface area contributed by atoms with Crippen molar-refractivity contribution in [1.82, 2.24) is 10.2 Å². The number of piperazine rings is 1. The summed E-state index contributed by atoms with van der Waals surface area (Å²) in [6.45, 7) is 10.1. The first-order valence-corrected chi connectivity index (χ1v) is 6.25. The Balaban J connectivity index is 1.99. The predicted molar refractivity (Wildman–Crippen MR) is 62.1 cm³/mol. The highest BCUT2D eigenvalue weighted by atomic mass is 16.5. The Bertz CT molecular complexity index is 198. The van der Waals surface area contributed by atoms with Gasteiger partial charge < -0.3 is 10.1 Å². The maximum atomic E-state index is 5.54. The molecule has 2 rings (SSSR count). The van der Waals surface area contributed by atoms with Gasteiger partial charge in [-0.05, 0) is 33.1 Å². The van der Waals surface area contributed by atoms with Crippen LogP contribution in [-0.4, -0.2) is 49.3 Å². The molecule has 0 bridgehead atoms. The Morgan fingerprint density at radius 3 is 2.93 bits per heavy atom. The number of nitrogens with one attached hydrogen (secondary N) is 1. The Morgan fingerprint density at radius 2 is 2.13 bits per heavy atom. The summed E-state index contributed by atoms with van der Waals surface area (Å²) < 4.78 is 5.54. The molecule has 0 amide bonds. The molecule has 0 saturated carbocycles. The van der Waals surface area contributed by atoms with Crippen LogP contribution in [0.1, 0.15) is 33.1 Å². The van der Waals surface area contributed by atoms with E-state index in [2.05, 4.69) is 24.1 Å². The van der Waals surface area contributed by atoms with Crippen LogP contribution >= 0.6 is 0 Å². The van der Waals surface area contributed by atoms with Gasteiger partial charge in [-0.2, -0.15) is 0 Å². The van der Waals surface area contributed by atoms with Crippen LogP contribution in [0.3, 0.4) is 0 Å². The van der Waals surface area contributed by atoms with Crippen LogP contribution in [-0.2, 0) is 4.74 Å². The van der Waals surface area contributed by atoms with Gasteiger partial charge in [0.2, 0.25) is 0 Å². The largest absolute Gasteiger partial charge is 0.381 e. The molecular weight excluding hydrogens is 188 g/mol. The van der Waals surface area contributed by atoms with Crippen molar-refractivity contribution in [2.45, 2.75) is 44.7 Å². The summed E-state index contributed by atoms with van der Waals surface area (Å²) in [6, 6.07) is 0.740. The third-order valence-corrected chi connectivity index (χ3v) is 3.73. The molecule has 1 N–H and O–H groups in total. The molecule has 2 aliphatic heterocycles. The summed E-state index contributed by atoms with van der Waals surface area (Å²) in [4.78, 5) is 2.69. The summed E-state index contributed by atoms with van der Waals surface area (Å²) in [6.07, 6.45) is 3.75. The highest BCUT2D eigenvalue weighted by Gasteiger charge is 2.34. The molecule has 2 fully saturated rings. The first-order valence-electron chi connectivity index (χ1n) is 6.25. The minimum Gasteiger partial charge on any atom is -0.381 e. The normalized spacial score (nSPS) is 33.6. The third-order valence-electron chi connectivity index (χ3n) is 3.73. The van der Waals surface area contributed by atoms with Crippen molar-refractivity contribution in [2.24, 2.45) is 0 Å². The average molecular weight is 212 g/mol. The van der Waals surface area contributed by atoms with E-state index in [0.29, 0.717) is 5.54 Å². The zero-order valence-electron chi connectivity index (χ0n) is 10.1. The van der Waals surface area contributed by atoms with Crippen LogP contribution in [0.2, 0.25) is 0 Å². The third kappa shape index (κ3) is 2.71. The molecule has 0 aromatic rings. The van der Waals surface area contributed by atoms with E-state index in [-0.39, 0.29) is 0 Å². The lowest BCUT2D eigenvalue weighted by Crippen LogP contribution is -2.61. The van der Waals surface area contributed by atoms with Gasteiger partial charge in [-0.25, -0.2) is 0 Å². The monoisotopic (exact) mass is 212 g/mol.